The average Bonchev–Trinajstić information content (AvgIpc) is 3.02. The summed E-state index contributed by atoms with van der Waals surface area (Å²) in [5.41, 5.74) is 2.98. The quantitative estimate of drug-likeness (QED) is 0.173. The minimum atomic E-state index is -4.26. The molecule has 0 unspecified atom stereocenters. The number of hydrogen-bond acceptors (Lipinski definition) is 5. The highest BCUT2D eigenvalue weighted by molar-refractivity contribution is 9.10. The van der Waals surface area contributed by atoms with Crippen molar-refractivity contribution in [2.75, 3.05) is 18.0 Å². The van der Waals surface area contributed by atoms with Crippen molar-refractivity contribution >= 4 is 43.5 Å². The Kier molecular flexibility index (Phi) is 11.5. The van der Waals surface area contributed by atoms with E-state index in [1.165, 1.54) is 24.1 Å². The Hall–Kier alpha value is -4.15. The van der Waals surface area contributed by atoms with Crippen LogP contribution in [0.1, 0.15) is 43.0 Å². The first-order chi connectivity index (χ1) is 22.2. The number of ether oxygens (including phenoxy) is 1. The molecule has 0 radical (unpaired) electrons. The molecule has 47 heavy (non-hydrogen) atoms. The van der Waals surface area contributed by atoms with Gasteiger partial charge in [-0.25, -0.2) is 8.42 Å². The summed E-state index contributed by atoms with van der Waals surface area (Å²) >= 11 is 3.47. The highest BCUT2D eigenvalue weighted by atomic mass is 79.9. The first kappa shape index (κ1) is 35.7. The van der Waals surface area contributed by atoms with Gasteiger partial charge >= 0.3 is 0 Å². The largest absolute Gasteiger partial charge is 0.495 e. The zero-order valence-electron chi connectivity index (χ0n) is 27.7. The van der Waals surface area contributed by atoms with Gasteiger partial charge in [-0.1, -0.05) is 82.2 Å². The average molecular weight is 721 g/mol. The van der Waals surface area contributed by atoms with Crippen LogP contribution in [0.15, 0.2) is 106 Å². The molecule has 0 saturated heterocycles. The molecule has 4 rings (SSSR count). The van der Waals surface area contributed by atoms with Crippen LogP contribution in [0.5, 0.6) is 5.75 Å². The molecular formula is C37H42BrN3O5S. The van der Waals surface area contributed by atoms with E-state index in [2.05, 4.69) is 21.2 Å². The first-order valence-corrected chi connectivity index (χ1v) is 17.5. The van der Waals surface area contributed by atoms with Gasteiger partial charge in [0.25, 0.3) is 10.0 Å². The number of nitrogens with zero attached hydrogens (tertiary/aromatic N) is 2. The lowest BCUT2D eigenvalue weighted by Crippen LogP contribution is -2.56. The highest BCUT2D eigenvalue weighted by Crippen LogP contribution is 2.34. The fraction of sp³-hybridized carbons (Fsp3) is 0.297. The van der Waals surface area contributed by atoms with Crippen LogP contribution in [-0.2, 0) is 32.6 Å². The maximum atomic E-state index is 14.7. The van der Waals surface area contributed by atoms with E-state index in [1.54, 1.807) is 24.3 Å². The predicted octanol–water partition coefficient (Wildman–Crippen LogP) is 6.82. The smallest absolute Gasteiger partial charge is 0.264 e. The number of carbonyl (C=O) groups is 2. The molecule has 4 aromatic rings. The van der Waals surface area contributed by atoms with Gasteiger partial charge in [0.15, 0.2) is 0 Å². The molecule has 0 saturated carbocycles. The Balaban J connectivity index is 1.86. The summed E-state index contributed by atoms with van der Waals surface area (Å²) in [7, 11) is -2.80. The molecule has 1 N–H and O–H groups in total. The summed E-state index contributed by atoms with van der Waals surface area (Å²) in [4.78, 5) is 30.3. The van der Waals surface area contributed by atoms with E-state index in [4.69, 9.17) is 4.74 Å². The minimum Gasteiger partial charge on any atom is -0.495 e. The number of rotatable bonds is 12. The Bertz CT molecular complexity index is 1790. The van der Waals surface area contributed by atoms with Crippen molar-refractivity contribution in [3.63, 3.8) is 0 Å². The molecule has 0 aromatic heterocycles. The summed E-state index contributed by atoms with van der Waals surface area (Å²) in [5.74, 6) is -0.588. The molecule has 0 heterocycles. The Morgan fingerprint density at radius 3 is 2.06 bits per heavy atom. The molecule has 0 fully saturated rings. The molecule has 0 spiro atoms. The summed E-state index contributed by atoms with van der Waals surface area (Å²) in [6, 6.07) is 27.7. The molecule has 10 heteroatoms. The van der Waals surface area contributed by atoms with E-state index in [0.29, 0.717) is 5.75 Å². The molecule has 0 aliphatic heterocycles. The van der Waals surface area contributed by atoms with E-state index in [1.807, 2.05) is 95.3 Å². The van der Waals surface area contributed by atoms with Crippen LogP contribution in [0.3, 0.4) is 0 Å². The SMILES string of the molecule is COc1ccc(C)cc1N(CC(=O)N(Cc1ccc(Br)cc1)[C@@H](Cc1ccccc1)C(=O)NC(C)(C)C)S(=O)(=O)c1ccc(C)cc1. The normalized spacial score (nSPS) is 12.2. The highest BCUT2D eigenvalue weighted by Gasteiger charge is 2.36. The van der Waals surface area contributed by atoms with Crippen LogP contribution >= 0.6 is 15.9 Å². The molecule has 4 aromatic carbocycles. The van der Waals surface area contributed by atoms with Gasteiger partial charge in [-0.2, -0.15) is 0 Å². The molecule has 0 aliphatic carbocycles. The second-order valence-electron chi connectivity index (χ2n) is 12.6. The molecule has 1 atom stereocenters. The number of amides is 2. The van der Waals surface area contributed by atoms with Crippen molar-refractivity contribution in [3.8, 4) is 5.75 Å². The van der Waals surface area contributed by atoms with Crippen LogP contribution in [0, 0.1) is 13.8 Å². The lowest BCUT2D eigenvalue weighted by atomic mass is 10.0. The van der Waals surface area contributed by atoms with Gasteiger partial charge in [-0.05, 0) is 87.7 Å². The fourth-order valence-corrected chi connectivity index (χ4v) is 6.82. The lowest BCUT2D eigenvalue weighted by Gasteiger charge is -2.35. The molecule has 0 bridgehead atoms. The van der Waals surface area contributed by atoms with Crippen molar-refractivity contribution in [1.82, 2.24) is 10.2 Å². The summed E-state index contributed by atoms with van der Waals surface area (Å²) in [5, 5.41) is 3.05. The molecule has 8 nitrogen and oxygen atoms in total. The second kappa shape index (κ2) is 15.2. The first-order valence-electron chi connectivity index (χ1n) is 15.3. The van der Waals surface area contributed by atoms with Crippen LogP contribution in [-0.4, -0.2) is 50.4 Å². The lowest BCUT2D eigenvalue weighted by molar-refractivity contribution is -0.140. The third kappa shape index (κ3) is 9.45. The number of anilines is 1. The Labute approximate surface area is 286 Å². The topological polar surface area (TPSA) is 96.0 Å². The molecular weight excluding hydrogens is 678 g/mol. The number of carbonyl (C=O) groups excluding carboxylic acids is 2. The van der Waals surface area contributed by atoms with Crippen molar-refractivity contribution in [3.05, 3.63) is 124 Å². The minimum absolute atomic E-state index is 0.0326. The van der Waals surface area contributed by atoms with Gasteiger partial charge in [0, 0.05) is 23.0 Å². The van der Waals surface area contributed by atoms with Gasteiger partial charge in [-0.3, -0.25) is 13.9 Å². The van der Waals surface area contributed by atoms with Gasteiger partial charge in [0.2, 0.25) is 11.8 Å². The number of sulfonamides is 1. The standard InChI is InChI=1S/C37H42BrN3O5S/c1-26-12-19-31(20-13-26)47(44,45)41(32-22-27(2)14-21-34(32)46-6)25-35(42)40(24-29-15-17-30(38)18-16-29)33(36(43)39-37(3,4)5)23-28-10-8-7-9-11-28/h7-22,33H,23-25H2,1-6H3,(H,39,43)/t33-/m0/s1. The summed E-state index contributed by atoms with van der Waals surface area (Å²) in [6.07, 6.45) is 0.226. The number of aryl methyl sites for hydroxylation is 2. The monoisotopic (exact) mass is 719 g/mol. The summed E-state index contributed by atoms with van der Waals surface area (Å²) in [6.45, 7) is 8.86. The van der Waals surface area contributed by atoms with Crippen molar-refractivity contribution in [2.24, 2.45) is 0 Å². The zero-order valence-corrected chi connectivity index (χ0v) is 30.1. The van der Waals surface area contributed by atoms with E-state index in [-0.39, 0.29) is 29.5 Å². The number of nitrogens with one attached hydrogen (secondary N) is 1. The third-order valence-electron chi connectivity index (χ3n) is 7.53. The van der Waals surface area contributed by atoms with Crippen molar-refractivity contribution in [2.45, 2.75) is 64.1 Å². The van der Waals surface area contributed by atoms with Crippen LogP contribution in [0.25, 0.3) is 0 Å². The van der Waals surface area contributed by atoms with Gasteiger partial charge in [0.05, 0.1) is 17.7 Å². The number of benzene rings is 4. The number of hydrogen-bond donors (Lipinski definition) is 1. The Morgan fingerprint density at radius 1 is 0.851 bits per heavy atom. The number of halogens is 1. The van der Waals surface area contributed by atoms with Crippen molar-refractivity contribution < 1.29 is 22.7 Å². The maximum Gasteiger partial charge on any atom is 0.264 e. The van der Waals surface area contributed by atoms with E-state index < -0.39 is 34.1 Å². The predicted molar refractivity (Wildman–Crippen MR) is 190 cm³/mol. The van der Waals surface area contributed by atoms with Crippen LogP contribution in [0.2, 0.25) is 0 Å². The molecule has 248 valence electrons. The van der Waals surface area contributed by atoms with Crippen LogP contribution < -0.4 is 14.4 Å². The van der Waals surface area contributed by atoms with Gasteiger partial charge in [-0.15, -0.1) is 0 Å². The van der Waals surface area contributed by atoms with E-state index in [9.17, 15) is 18.0 Å². The van der Waals surface area contributed by atoms with Crippen molar-refractivity contribution in [1.29, 1.82) is 0 Å². The van der Waals surface area contributed by atoms with Gasteiger partial charge in [0.1, 0.15) is 18.3 Å². The Morgan fingerprint density at radius 2 is 1.47 bits per heavy atom. The summed E-state index contributed by atoms with van der Waals surface area (Å²) < 4.78 is 36.3. The van der Waals surface area contributed by atoms with Crippen LogP contribution in [0.4, 0.5) is 5.69 Å². The zero-order chi connectivity index (χ0) is 34.4. The maximum absolute atomic E-state index is 14.7. The second-order valence-corrected chi connectivity index (χ2v) is 15.4. The molecule has 0 aliphatic rings. The van der Waals surface area contributed by atoms with E-state index in [0.717, 1.165) is 31.0 Å². The molecule has 2 amide bonds. The third-order valence-corrected chi connectivity index (χ3v) is 9.83. The van der Waals surface area contributed by atoms with Gasteiger partial charge < -0.3 is 15.0 Å². The number of methoxy groups -OCH3 is 1. The van der Waals surface area contributed by atoms with E-state index >= 15 is 0 Å². The fourth-order valence-electron chi connectivity index (χ4n) is 5.14.